The van der Waals surface area contributed by atoms with Gasteiger partial charge in [0.2, 0.25) is 0 Å². The van der Waals surface area contributed by atoms with Crippen molar-refractivity contribution in [3.63, 3.8) is 0 Å². The van der Waals surface area contributed by atoms with Gasteiger partial charge < -0.3 is 0 Å². The summed E-state index contributed by atoms with van der Waals surface area (Å²) in [6.07, 6.45) is 15.7. The maximum absolute atomic E-state index is 12.0. The maximum atomic E-state index is 12.0. The second-order valence-electron chi connectivity index (χ2n) is 10.6. The number of fused-ring (bicyclic) bond motifs is 5. The molecule has 1 aliphatic heterocycles. The van der Waals surface area contributed by atoms with Gasteiger partial charge in [-0.25, -0.2) is 0 Å². The molecule has 1 unspecified atom stereocenters. The molecule has 5 rings (SSSR count). The normalized spacial score (nSPS) is 47.4. The standard InChI is InChI=1S/C24H34N2O/c1-15(22-25-12-13-26-22)19-6-7-20-18-5-4-16-14-17(27)8-10-23(16,2)21(18)9-11-24(19,20)3/h4,12-13,15,18-22H,5-11,14H2,1-3H3/t15?,18-,19+,20-,21-,23-,24+/m0/s1. The van der Waals surface area contributed by atoms with Crippen molar-refractivity contribution < 1.29 is 4.79 Å². The van der Waals surface area contributed by atoms with E-state index in [0.717, 1.165) is 42.9 Å². The number of carbonyl (C=O) groups excluding carboxylic acids is 1. The van der Waals surface area contributed by atoms with E-state index in [0.29, 0.717) is 22.5 Å². The Bertz CT molecular complexity index is 725. The average molecular weight is 367 g/mol. The lowest BCUT2D eigenvalue weighted by Gasteiger charge is -2.58. The first-order valence-corrected chi connectivity index (χ1v) is 11.2. The second-order valence-corrected chi connectivity index (χ2v) is 10.6. The van der Waals surface area contributed by atoms with Gasteiger partial charge in [-0.2, -0.15) is 0 Å². The van der Waals surface area contributed by atoms with E-state index in [1.165, 1.54) is 37.7 Å². The van der Waals surface area contributed by atoms with Crippen LogP contribution < -0.4 is 0 Å². The molecule has 0 aromatic carbocycles. The van der Waals surface area contributed by atoms with E-state index >= 15 is 0 Å². The summed E-state index contributed by atoms with van der Waals surface area (Å²) in [6, 6.07) is 0. The van der Waals surface area contributed by atoms with Crippen LogP contribution in [0.3, 0.4) is 0 Å². The van der Waals surface area contributed by atoms with Crippen molar-refractivity contribution in [2.24, 2.45) is 50.4 Å². The van der Waals surface area contributed by atoms with E-state index in [2.05, 4.69) is 36.8 Å². The minimum Gasteiger partial charge on any atom is -0.299 e. The number of nitrogens with zero attached hydrogens (tertiary/aromatic N) is 2. The van der Waals surface area contributed by atoms with Crippen molar-refractivity contribution in [2.45, 2.75) is 78.3 Å². The zero-order chi connectivity index (χ0) is 18.8. The lowest BCUT2D eigenvalue weighted by Crippen LogP contribution is -2.50. The Hall–Kier alpha value is -1.25. The topological polar surface area (TPSA) is 41.8 Å². The monoisotopic (exact) mass is 366 g/mol. The summed E-state index contributed by atoms with van der Waals surface area (Å²) in [5, 5.41) is 0. The summed E-state index contributed by atoms with van der Waals surface area (Å²) >= 11 is 0. The van der Waals surface area contributed by atoms with Gasteiger partial charge >= 0.3 is 0 Å². The summed E-state index contributed by atoms with van der Waals surface area (Å²) in [4.78, 5) is 21.3. The van der Waals surface area contributed by atoms with Crippen LogP contribution in [0.1, 0.15) is 72.1 Å². The molecule has 0 bridgehead atoms. The number of rotatable bonds is 2. The van der Waals surface area contributed by atoms with E-state index < -0.39 is 0 Å². The largest absolute Gasteiger partial charge is 0.299 e. The van der Waals surface area contributed by atoms with E-state index in [-0.39, 0.29) is 6.17 Å². The molecule has 5 aliphatic rings. The summed E-state index contributed by atoms with van der Waals surface area (Å²) in [5.74, 6) is 4.20. The third-order valence-corrected chi connectivity index (χ3v) is 9.66. The fourth-order valence-corrected chi connectivity index (χ4v) is 8.15. The van der Waals surface area contributed by atoms with Crippen molar-refractivity contribution in [1.82, 2.24) is 0 Å². The highest BCUT2D eigenvalue weighted by Gasteiger charge is 2.59. The number of hydrogen-bond acceptors (Lipinski definition) is 3. The summed E-state index contributed by atoms with van der Waals surface area (Å²) in [6.45, 7) is 7.47. The van der Waals surface area contributed by atoms with Gasteiger partial charge in [0.1, 0.15) is 11.9 Å². The first kappa shape index (κ1) is 17.8. The van der Waals surface area contributed by atoms with Gasteiger partial charge in [-0.05, 0) is 73.0 Å². The molecule has 0 aromatic rings. The highest BCUT2D eigenvalue weighted by Crippen LogP contribution is 2.67. The molecular formula is C24H34N2O. The molecule has 7 atom stereocenters. The Balaban J connectivity index is 1.42. The van der Waals surface area contributed by atoms with Gasteiger partial charge in [-0.15, -0.1) is 0 Å². The molecule has 1 heterocycles. The SMILES string of the molecule is CC(C1N=CC=N1)[C@H]1CC[C@H]2[C@@H]3CC=C4CC(=O)CC[C@]4(C)[C@H]3CC[C@]12C. The zero-order valence-corrected chi connectivity index (χ0v) is 17.2. The molecule has 0 radical (unpaired) electrons. The van der Waals surface area contributed by atoms with Crippen molar-refractivity contribution in [3.8, 4) is 0 Å². The Kier molecular flexibility index (Phi) is 4.04. The molecule has 3 heteroatoms. The quantitative estimate of drug-likeness (QED) is 0.615. The number of allylic oxidation sites excluding steroid dienone is 2. The maximum Gasteiger partial charge on any atom is 0.142 e. The van der Waals surface area contributed by atoms with Crippen LogP contribution in [0.4, 0.5) is 0 Å². The average Bonchev–Trinajstić information content (AvgIpc) is 3.29. The van der Waals surface area contributed by atoms with Gasteiger partial charge in [-0.1, -0.05) is 32.4 Å². The molecule has 27 heavy (non-hydrogen) atoms. The van der Waals surface area contributed by atoms with Crippen LogP contribution in [0.25, 0.3) is 0 Å². The molecule has 0 spiro atoms. The van der Waals surface area contributed by atoms with Gasteiger partial charge in [0.15, 0.2) is 0 Å². The summed E-state index contributed by atoms with van der Waals surface area (Å²) < 4.78 is 0. The van der Waals surface area contributed by atoms with Gasteiger partial charge in [-0.3, -0.25) is 14.8 Å². The highest BCUT2D eigenvalue weighted by molar-refractivity contribution is 6.17. The number of ketones is 1. The van der Waals surface area contributed by atoms with Crippen LogP contribution in [0.2, 0.25) is 0 Å². The van der Waals surface area contributed by atoms with Crippen LogP contribution in [0.5, 0.6) is 0 Å². The number of aliphatic imine (C=N–C) groups is 2. The molecule has 3 saturated carbocycles. The lowest BCUT2D eigenvalue weighted by atomic mass is 9.47. The number of carbonyl (C=O) groups is 1. The minimum absolute atomic E-state index is 0.156. The van der Waals surface area contributed by atoms with Crippen LogP contribution in [-0.2, 0) is 4.79 Å². The molecule has 0 saturated heterocycles. The molecular weight excluding hydrogens is 332 g/mol. The molecule has 3 nitrogen and oxygen atoms in total. The van der Waals surface area contributed by atoms with E-state index in [1.807, 2.05) is 12.4 Å². The third kappa shape index (κ3) is 2.49. The molecule has 0 N–H and O–H groups in total. The molecule has 146 valence electrons. The highest BCUT2D eigenvalue weighted by atomic mass is 16.1. The van der Waals surface area contributed by atoms with Crippen LogP contribution in [-0.4, -0.2) is 24.4 Å². The molecule has 4 aliphatic carbocycles. The first-order chi connectivity index (χ1) is 12.9. The van der Waals surface area contributed by atoms with Crippen molar-refractivity contribution in [1.29, 1.82) is 0 Å². The Labute approximate surface area is 163 Å². The second kappa shape index (κ2) is 6.12. The van der Waals surface area contributed by atoms with Crippen molar-refractivity contribution >= 4 is 18.2 Å². The van der Waals surface area contributed by atoms with Crippen molar-refractivity contribution in [2.75, 3.05) is 0 Å². The predicted molar refractivity (Wildman–Crippen MR) is 110 cm³/mol. The Morgan fingerprint density at radius 3 is 2.63 bits per heavy atom. The fraction of sp³-hybridized carbons (Fsp3) is 0.792. The van der Waals surface area contributed by atoms with E-state index in [1.54, 1.807) is 0 Å². The Morgan fingerprint density at radius 1 is 1.07 bits per heavy atom. The Morgan fingerprint density at radius 2 is 1.85 bits per heavy atom. The predicted octanol–water partition coefficient (Wildman–Crippen LogP) is 5.25. The molecule has 3 fully saturated rings. The third-order valence-electron chi connectivity index (χ3n) is 9.66. The first-order valence-electron chi connectivity index (χ1n) is 11.2. The molecule has 0 aromatic heterocycles. The number of Topliss-reactive ketones (excluding diaryl/α,β-unsaturated/α-hetero) is 1. The van der Waals surface area contributed by atoms with Gasteiger partial charge in [0.05, 0.1) is 0 Å². The number of hydrogen-bond donors (Lipinski definition) is 0. The zero-order valence-electron chi connectivity index (χ0n) is 17.2. The van der Waals surface area contributed by atoms with Gasteiger partial charge in [0, 0.05) is 31.2 Å². The summed E-state index contributed by atoms with van der Waals surface area (Å²) in [7, 11) is 0. The van der Waals surface area contributed by atoms with Gasteiger partial charge in [0.25, 0.3) is 0 Å². The molecule has 0 amide bonds. The summed E-state index contributed by atoms with van der Waals surface area (Å²) in [5.41, 5.74) is 2.23. The van der Waals surface area contributed by atoms with Crippen LogP contribution in [0, 0.1) is 40.4 Å². The fourth-order valence-electron chi connectivity index (χ4n) is 8.15. The van der Waals surface area contributed by atoms with Crippen LogP contribution in [0.15, 0.2) is 21.6 Å². The van der Waals surface area contributed by atoms with Crippen molar-refractivity contribution in [3.05, 3.63) is 11.6 Å². The lowest BCUT2D eigenvalue weighted by molar-refractivity contribution is -0.122. The minimum atomic E-state index is 0.156. The van der Waals surface area contributed by atoms with E-state index in [9.17, 15) is 4.79 Å². The van der Waals surface area contributed by atoms with Crippen LogP contribution >= 0.6 is 0 Å². The smallest absolute Gasteiger partial charge is 0.142 e. The van der Waals surface area contributed by atoms with E-state index in [4.69, 9.17) is 0 Å².